The summed E-state index contributed by atoms with van der Waals surface area (Å²) in [6.45, 7) is 0.374. The number of rotatable bonds is 19. The highest BCUT2D eigenvalue weighted by Crippen LogP contribution is 2.19. The first kappa shape index (κ1) is 35.8. The van der Waals surface area contributed by atoms with Gasteiger partial charge in [-0.2, -0.15) is 0 Å². The molecule has 0 fully saturated rings. The van der Waals surface area contributed by atoms with Crippen LogP contribution in [0.25, 0.3) is 10.9 Å². The number of carbonyl (C=O) groups is 5. The zero-order chi connectivity index (χ0) is 33.5. The number of nitrogens with one attached hydrogen (secondary N) is 4. The molecule has 4 atom stereocenters. The van der Waals surface area contributed by atoms with Crippen molar-refractivity contribution in [2.45, 2.75) is 62.7 Å². The van der Waals surface area contributed by atoms with Crippen LogP contribution < -0.4 is 50.4 Å². The number of benzene rings is 1. The summed E-state index contributed by atoms with van der Waals surface area (Å²) >= 11 is 0. The van der Waals surface area contributed by atoms with Gasteiger partial charge in [0, 0.05) is 36.6 Å². The minimum Gasteiger partial charge on any atom is -0.480 e. The van der Waals surface area contributed by atoms with Crippen molar-refractivity contribution >= 4 is 52.4 Å². The predicted molar refractivity (Wildman–Crippen MR) is 167 cm³/mol. The van der Waals surface area contributed by atoms with Crippen molar-refractivity contribution in [1.82, 2.24) is 20.9 Å². The molecule has 1 aromatic heterocycles. The number of hydrogen-bond donors (Lipinski definition) is 11. The molecule has 18 nitrogen and oxygen atoms in total. The molecule has 0 aliphatic carbocycles. The molecule has 0 aliphatic heterocycles. The molecular weight excluding hydrogens is 588 g/mol. The van der Waals surface area contributed by atoms with Crippen LogP contribution in [0.15, 0.2) is 40.4 Å². The molecule has 246 valence electrons. The number of carboxylic acids is 1. The first-order valence-electron chi connectivity index (χ1n) is 14.1. The van der Waals surface area contributed by atoms with Crippen LogP contribution >= 0.6 is 0 Å². The van der Waals surface area contributed by atoms with Crippen LogP contribution in [0.1, 0.15) is 37.7 Å². The number of guanidine groups is 2. The summed E-state index contributed by atoms with van der Waals surface area (Å²) in [5.41, 5.74) is 34.0. The Balaban J connectivity index is 2.17. The average molecular weight is 631 g/mol. The topological polar surface area (TPSA) is 338 Å². The molecule has 0 saturated heterocycles. The first-order valence-corrected chi connectivity index (χ1v) is 14.1. The van der Waals surface area contributed by atoms with Crippen molar-refractivity contribution in [1.29, 1.82) is 0 Å². The van der Waals surface area contributed by atoms with Gasteiger partial charge in [-0.25, -0.2) is 4.79 Å². The molecule has 17 N–H and O–H groups in total. The van der Waals surface area contributed by atoms with Crippen LogP contribution in [0.5, 0.6) is 0 Å². The van der Waals surface area contributed by atoms with E-state index in [4.69, 9.17) is 34.4 Å². The SMILES string of the molecule is NC(=O)CC(NC(=O)C(CCCN=C(N)N)NC(=O)C(N)CCCN=C(N)N)C(=O)NC(Cc1c[nH]c2ccccc12)C(=O)O. The number of para-hydroxylation sites is 1. The Morgan fingerprint density at radius 1 is 0.778 bits per heavy atom. The highest BCUT2D eigenvalue weighted by atomic mass is 16.4. The lowest BCUT2D eigenvalue weighted by molar-refractivity contribution is -0.142. The predicted octanol–water partition coefficient (Wildman–Crippen LogP) is -3.44. The number of aliphatic carboxylic acids is 1. The molecule has 18 heteroatoms. The summed E-state index contributed by atoms with van der Waals surface area (Å²) in [4.78, 5) is 73.9. The molecular formula is C27H42N12O6. The Labute approximate surface area is 258 Å². The number of aromatic amines is 1. The third-order valence-electron chi connectivity index (χ3n) is 6.63. The van der Waals surface area contributed by atoms with E-state index in [-0.39, 0.29) is 50.7 Å². The normalized spacial score (nSPS) is 13.4. The van der Waals surface area contributed by atoms with Crippen molar-refractivity contribution in [2.24, 2.45) is 44.4 Å². The maximum absolute atomic E-state index is 13.3. The van der Waals surface area contributed by atoms with E-state index >= 15 is 0 Å². The molecule has 4 amide bonds. The monoisotopic (exact) mass is 630 g/mol. The van der Waals surface area contributed by atoms with E-state index in [0.717, 1.165) is 10.9 Å². The first-order chi connectivity index (χ1) is 21.3. The summed E-state index contributed by atoms with van der Waals surface area (Å²) in [6.07, 6.45) is 1.76. The number of fused-ring (bicyclic) bond motifs is 1. The molecule has 1 heterocycles. The van der Waals surface area contributed by atoms with Crippen molar-refractivity contribution < 1.29 is 29.1 Å². The molecule has 0 saturated carbocycles. The van der Waals surface area contributed by atoms with E-state index in [0.29, 0.717) is 12.0 Å². The quantitative estimate of drug-likeness (QED) is 0.0412. The van der Waals surface area contributed by atoms with Gasteiger partial charge < -0.3 is 60.4 Å². The van der Waals surface area contributed by atoms with E-state index < -0.39 is 60.2 Å². The summed E-state index contributed by atoms with van der Waals surface area (Å²) < 4.78 is 0. The largest absolute Gasteiger partial charge is 0.480 e. The fraction of sp³-hybridized carbons (Fsp3) is 0.444. The van der Waals surface area contributed by atoms with Crippen LogP contribution in [0.3, 0.4) is 0 Å². The molecule has 4 unspecified atom stereocenters. The number of nitrogens with zero attached hydrogens (tertiary/aromatic N) is 2. The Bertz CT molecular complexity index is 1400. The van der Waals surface area contributed by atoms with Gasteiger partial charge in [0.15, 0.2) is 11.9 Å². The Kier molecular flexibility index (Phi) is 14.1. The van der Waals surface area contributed by atoms with E-state index in [1.54, 1.807) is 18.3 Å². The second-order valence-corrected chi connectivity index (χ2v) is 10.3. The standard InChI is InChI=1S/C27H42N12O6/c28-16(6-3-9-34-26(30)31)22(41)37-18(8-4-10-35-27(32)33)23(42)38-19(12-21(29)40)24(43)39-20(25(44)45)11-14-13-36-17-7-2-1-5-15(14)17/h1-2,5,7,13,16,18-20,36H,3-4,6,8-12,28H2,(H2,29,40)(H,37,41)(H,38,42)(H,39,43)(H,44,45)(H4,30,31,34)(H4,32,33,35). The number of nitrogens with two attached hydrogens (primary N) is 6. The van der Waals surface area contributed by atoms with Crippen LogP contribution in [-0.4, -0.2) is 88.9 Å². The lowest BCUT2D eigenvalue weighted by atomic mass is 10.0. The number of carbonyl (C=O) groups excluding carboxylic acids is 4. The van der Waals surface area contributed by atoms with Gasteiger partial charge in [0.1, 0.15) is 18.1 Å². The Morgan fingerprint density at radius 2 is 1.33 bits per heavy atom. The fourth-order valence-electron chi connectivity index (χ4n) is 4.38. The highest BCUT2D eigenvalue weighted by Gasteiger charge is 2.31. The van der Waals surface area contributed by atoms with Crippen LogP contribution in [0, 0.1) is 0 Å². The minimum absolute atomic E-state index is 0.0261. The second-order valence-electron chi connectivity index (χ2n) is 10.3. The van der Waals surface area contributed by atoms with Gasteiger partial charge in [-0.1, -0.05) is 18.2 Å². The van der Waals surface area contributed by atoms with Crippen LogP contribution in [-0.2, 0) is 30.4 Å². The summed E-state index contributed by atoms with van der Waals surface area (Å²) in [5.74, 6) is -5.01. The fourth-order valence-corrected chi connectivity index (χ4v) is 4.38. The van der Waals surface area contributed by atoms with Gasteiger partial charge in [0.05, 0.1) is 12.5 Å². The lowest BCUT2D eigenvalue weighted by Crippen LogP contribution is -2.58. The van der Waals surface area contributed by atoms with Crippen LogP contribution in [0.2, 0.25) is 0 Å². The maximum Gasteiger partial charge on any atom is 0.326 e. The third kappa shape index (κ3) is 12.4. The van der Waals surface area contributed by atoms with Gasteiger partial charge in [-0.3, -0.25) is 29.2 Å². The van der Waals surface area contributed by atoms with Crippen molar-refractivity contribution in [3.05, 3.63) is 36.0 Å². The van der Waals surface area contributed by atoms with E-state index in [1.807, 2.05) is 12.1 Å². The van der Waals surface area contributed by atoms with Gasteiger partial charge in [-0.05, 0) is 37.3 Å². The number of aromatic nitrogens is 1. The zero-order valence-corrected chi connectivity index (χ0v) is 24.7. The maximum atomic E-state index is 13.3. The van der Waals surface area contributed by atoms with E-state index in [1.165, 1.54) is 0 Å². The molecule has 0 aliphatic rings. The Hall–Kier alpha value is -5.39. The molecule has 45 heavy (non-hydrogen) atoms. The summed E-state index contributed by atoms with van der Waals surface area (Å²) in [6, 6.07) is 2.03. The molecule has 1 aromatic carbocycles. The summed E-state index contributed by atoms with van der Waals surface area (Å²) in [5, 5.41) is 17.9. The molecule has 0 bridgehead atoms. The van der Waals surface area contributed by atoms with Crippen LogP contribution in [0.4, 0.5) is 0 Å². The number of hydrogen-bond acceptors (Lipinski definition) is 8. The molecule has 2 rings (SSSR count). The number of H-pyrrole nitrogens is 1. The highest BCUT2D eigenvalue weighted by molar-refractivity contribution is 5.96. The minimum atomic E-state index is -1.55. The smallest absolute Gasteiger partial charge is 0.326 e. The lowest BCUT2D eigenvalue weighted by Gasteiger charge is -2.24. The molecule has 0 spiro atoms. The third-order valence-corrected chi connectivity index (χ3v) is 6.63. The number of carboxylic acid groups (broad SMARTS) is 1. The number of primary amides is 1. The zero-order valence-electron chi connectivity index (χ0n) is 24.7. The number of amides is 4. The second kappa shape index (κ2) is 17.7. The summed E-state index contributed by atoms with van der Waals surface area (Å²) in [7, 11) is 0. The molecule has 0 radical (unpaired) electrons. The van der Waals surface area contributed by atoms with Crippen molar-refractivity contribution in [3.8, 4) is 0 Å². The van der Waals surface area contributed by atoms with E-state index in [2.05, 4.69) is 30.9 Å². The average Bonchev–Trinajstić information content (AvgIpc) is 3.37. The Morgan fingerprint density at radius 3 is 1.93 bits per heavy atom. The van der Waals surface area contributed by atoms with Gasteiger partial charge in [0.25, 0.3) is 0 Å². The molecule has 2 aromatic rings. The van der Waals surface area contributed by atoms with Crippen molar-refractivity contribution in [2.75, 3.05) is 13.1 Å². The van der Waals surface area contributed by atoms with Crippen molar-refractivity contribution in [3.63, 3.8) is 0 Å². The van der Waals surface area contributed by atoms with Gasteiger partial charge >= 0.3 is 5.97 Å². The van der Waals surface area contributed by atoms with Gasteiger partial charge in [-0.15, -0.1) is 0 Å². The number of aliphatic imine (C=N–C) groups is 2. The van der Waals surface area contributed by atoms with Gasteiger partial charge in [0.2, 0.25) is 23.6 Å². The van der Waals surface area contributed by atoms with E-state index in [9.17, 15) is 29.1 Å².